The van der Waals surface area contributed by atoms with E-state index in [9.17, 15) is 8.42 Å². The first kappa shape index (κ1) is 13.2. The zero-order valence-corrected chi connectivity index (χ0v) is 12.7. The number of hydrogen-bond donors (Lipinski definition) is 1. The van der Waals surface area contributed by atoms with Gasteiger partial charge >= 0.3 is 10.1 Å². The van der Waals surface area contributed by atoms with Crippen LogP contribution in [-0.4, -0.2) is 32.0 Å². The SMILES string of the molecule is CS(=O)(=O)On1cc2c3c(cccc31)C1CCCNC1C2. The lowest BCUT2D eigenvalue weighted by molar-refractivity contribution is 0.295. The fourth-order valence-corrected chi connectivity index (χ4v) is 4.23. The van der Waals surface area contributed by atoms with Crippen molar-refractivity contribution in [3.63, 3.8) is 0 Å². The summed E-state index contributed by atoms with van der Waals surface area (Å²) >= 11 is 0. The second kappa shape index (κ2) is 4.48. The van der Waals surface area contributed by atoms with Gasteiger partial charge in [0.25, 0.3) is 0 Å². The number of nitrogens with zero attached hydrogens (tertiary/aromatic N) is 1. The second-order valence-electron chi connectivity index (χ2n) is 6.01. The fraction of sp³-hybridized carbons (Fsp3) is 0.467. The van der Waals surface area contributed by atoms with Crippen LogP contribution in [0.5, 0.6) is 0 Å². The third-order valence-corrected chi connectivity index (χ3v) is 4.98. The second-order valence-corrected chi connectivity index (χ2v) is 7.57. The Balaban J connectivity index is 1.90. The molecule has 1 aromatic heterocycles. The Kier molecular flexibility index (Phi) is 2.81. The summed E-state index contributed by atoms with van der Waals surface area (Å²) in [4.78, 5) is 0. The molecule has 5 nitrogen and oxygen atoms in total. The number of aromatic nitrogens is 1. The summed E-state index contributed by atoms with van der Waals surface area (Å²) < 4.78 is 29.4. The number of hydrogen-bond acceptors (Lipinski definition) is 4. The molecule has 0 saturated carbocycles. The average molecular weight is 306 g/mol. The molecule has 1 aliphatic heterocycles. The maximum atomic E-state index is 11.4. The summed E-state index contributed by atoms with van der Waals surface area (Å²) in [6.45, 7) is 1.06. The Bertz CT molecular complexity index is 810. The van der Waals surface area contributed by atoms with Gasteiger partial charge in [-0.2, -0.15) is 13.1 Å². The van der Waals surface area contributed by atoms with Crippen molar-refractivity contribution in [3.05, 3.63) is 35.5 Å². The van der Waals surface area contributed by atoms with Gasteiger partial charge in [0, 0.05) is 23.5 Å². The molecule has 1 aliphatic carbocycles. The predicted molar refractivity (Wildman–Crippen MR) is 80.8 cm³/mol. The smallest absolute Gasteiger partial charge is 0.313 e. The van der Waals surface area contributed by atoms with Gasteiger partial charge in [-0.15, -0.1) is 0 Å². The molecule has 6 heteroatoms. The molecule has 2 aromatic rings. The minimum atomic E-state index is -3.53. The van der Waals surface area contributed by atoms with E-state index in [4.69, 9.17) is 4.28 Å². The van der Waals surface area contributed by atoms with Gasteiger partial charge in [0.2, 0.25) is 0 Å². The number of nitrogens with one attached hydrogen (secondary N) is 1. The molecule has 0 radical (unpaired) electrons. The van der Waals surface area contributed by atoms with E-state index in [1.807, 2.05) is 18.3 Å². The molecular formula is C15H18N2O3S. The normalized spacial score (nSPS) is 24.8. The predicted octanol–water partition coefficient (Wildman–Crippen LogP) is 1.42. The Morgan fingerprint density at radius 2 is 2.24 bits per heavy atom. The van der Waals surface area contributed by atoms with Gasteiger partial charge in [-0.25, -0.2) is 0 Å². The fourth-order valence-electron chi connectivity index (χ4n) is 3.81. The third-order valence-electron chi connectivity index (χ3n) is 4.55. The minimum absolute atomic E-state index is 0.450. The van der Waals surface area contributed by atoms with Gasteiger partial charge in [-0.1, -0.05) is 12.1 Å². The van der Waals surface area contributed by atoms with Crippen molar-refractivity contribution in [1.29, 1.82) is 0 Å². The number of benzene rings is 1. The van der Waals surface area contributed by atoms with Crippen LogP contribution in [0, 0.1) is 0 Å². The molecule has 1 saturated heterocycles. The first-order valence-electron chi connectivity index (χ1n) is 7.29. The van der Waals surface area contributed by atoms with Crippen LogP contribution in [0.25, 0.3) is 10.9 Å². The summed E-state index contributed by atoms with van der Waals surface area (Å²) in [5.41, 5.74) is 3.33. The van der Waals surface area contributed by atoms with Crippen molar-refractivity contribution in [2.75, 3.05) is 12.8 Å². The van der Waals surface area contributed by atoms with Crippen molar-refractivity contribution >= 4 is 21.0 Å². The van der Waals surface area contributed by atoms with Gasteiger partial charge in [0.1, 0.15) is 0 Å². The van der Waals surface area contributed by atoms with E-state index in [-0.39, 0.29) is 0 Å². The quantitative estimate of drug-likeness (QED) is 0.911. The van der Waals surface area contributed by atoms with E-state index in [0.29, 0.717) is 12.0 Å². The lowest BCUT2D eigenvalue weighted by Crippen LogP contribution is -2.43. The maximum absolute atomic E-state index is 11.4. The lowest BCUT2D eigenvalue weighted by atomic mass is 9.76. The van der Waals surface area contributed by atoms with Gasteiger partial charge < -0.3 is 5.32 Å². The zero-order valence-electron chi connectivity index (χ0n) is 11.9. The first-order valence-corrected chi connectivity index (χ1v) is 9.11. The van der Waals surface area contributed by atoms with Crippen LogP contribution >= 0.6 is 0 Å². The van der Waals surface area contributed by atoms with E-state index in [0.717, 1.165) is 24.7 Å². The molecule has 0 spiro atoms. The highest BCUT2D eigenvalue weighted by Crippen LogP contribution is 2.41. The molecular weight excluding hydrogens is 288 g/mol. The van der Waals surface area contributed by atoms with E-state index >= 15 is 0 Å². The molecule has 1 N–H and O–H groups in total. The minimum Gasteiger partial charge on any atom is -0.313 e. The summed E-state index contributed by atoms with van der Waals surface area (Å²) in [5, 5.41) is 4.77. The Morgan fingerprint density at radius 3 is 3.05 bits per heavy atom. The molecule has 4 rings (SSSR count). The molecule has 2 heterocycles. The third kappa shape index (κ3) is 2.13. The summed E-state index contributed by atoms with van der Waals surface area (Å²) in [5.74, 6) is 0.518. The highest BCUT2D eigenvalue weighted by Gasteiger charge is 2.33. The number of piperidine rings is 1. The van der Waals surface area contributed by atoms with Gasteiger partial charge in [0.05, 0.1) is 11.8 Å². The van der Waals surface area contributed by atoms with Gasteiger partial charge in [-0.05, 0) is 43.0 Å². The van der Waals surface area contributed by atoms with Crippen LogP contribution < -0.4 is 9.60 Å². The summed E-state index contributed by atoms with van der Waals surface area (Å²) in [7, 11) is -3.53. The standard InChI is InChI=1S/C15H18N2O3S/c1-21(18,19)20-17-9-10-8-13-11(5-3-7-16-13)12-4-2-6-14(17)15(10)12/h2,4,6,9,11,13,16H,3,5,7-8H2,1H3. The van der Waals surface area contributed by atoms with E-state index in [2.05, 4.69) is 11.4 Å². The Morgan fingerprint density at radius 1 is 1.38 bits per heavy atom. The lowest BCUT2D eigenvalue weighted by Gasteiger charge is -2.36. The van der Waals surface area contributed by atoms with Crippen LogP contribution in [0.15, 0.2) is 24.4 Å². The van der Waals surface area contributed by atoms with Crippen molar-refractivity contribution in [1.82, 2.24) is 10.0 Å². The summed E-state index contributed by atoms with van der Waals surface area (Å²) in [6.07, 6.45) is 6.20. The molecule has 0 amide bonds. The van der Waals surface area contributed by atoms with Gasteiger partial charge in [-0.3, -0.25) is 4.28 Å². The van der Waals surface area contributed by atoms with Crippen molar-refractivity contribution in [3.8, 4) is 0 Å². The molecule has 2 aliphatic rings. The number of fused-ring (bicyclic) bond motifs is 2. The van der Waals surface area contributed by atoms with Gasteiger partial charge in [0.15, 0.2) is 0 Å². The highest BCUT2D eigenvalue weighted by molar-refractivity contribution is 7.86. The molecule has 2 atom stereocenters. The van der Waals surface area contributed by atoms with Crippen LogP contribution in [-0.2, 0) is 16.5 Å². The largest absolute Gasteiger partial charge is 0.324 e. The molecule has 1 aromatic carbocycles. The van der Waals surface area contributed by atoms with Crippen molar-refractivity contribution in [2.45, 2.75) is 31.2 Å². The Hall–Kier alpha value is -1.53. The molecule has 2 unspecified atom stereocenters. The first-order chi connectivity index (χ1) is 10.0. The molecule has 21 heavy (non-hydrogen) atoms. The zero-order chi connectivity index (χ0) is 14.6. The molecule has 112 valence electrons. The molecule has 1 fully saturated rings. The average Bonchev–Trinajstić information content (AvgIpc) is 2.77. The van der Waals surface area contributed by atoms with Crippen LogP contribution in [0.1, 0.15) is 29.9 Å². The maximum Gasteiger partial charge on any atom is 0.324 e. The summed E-state index contributed by atoms with van der Waals surface area (Å²) in [6, 6.07) is 6.52. The topological polar surface area (TPSA) is 60.3 Å². The van der Waals surface area contributed by atoms with Crippen LogP contribution in [0.3, 0.4) is 0 Å². The van der Waals surface area contributed by atoms with Crippen molar-refractivity contribution in [2.24, 2.45) is 0 Å². The highest BCUT2D eigenvalue weighted by atomic mass is 32.2. The van der Waals surface area contributed by atoms with Crippen LogP contribution in [0.2, 0.25) is 0 Å². The Labute approximate surface area is 124 Å². The number of rotatable bonds is 2. The van der Waals surface area contributed by atoms with E-state index in [1.165, 1.54) is 34.1 Å². The van der Waals surface area contributed by atoms with E-state index < -0.39 is 10.1 Å². The van der Waals surface area contributed by atoms with E-state index in [1.54, 1.807) is 0 Å². The molecule has 0 bridgehead atoms. The van der Waals surface area contributed by atoms with Crippen molar-refractivity contribution < 1.29 is 12.7 Å². The van der Waals surface area contributed by atoms with Crippen LogP contribution in [0.4, 0.5) is 0 Å². The monoisotopic (exact) mass is 306 g/mol.